The molecule has 0 aromatic rings. The van der Waals surface area contributed by atoms with Crippen molar-refractivity contribution in [3.63, 3.8) is 0 Å². The van der Waals surface area contributed by atoms with Crippen LogP contribution in [0.3, 0.4) is 0 Å². The summed E-state index contributed by atoms with van der Waals surface area (Å²) in [6.07, 6.45) is 1.73. The van der Waals surface area contributed by atoms with E-state index in [9.17, 15) is 4.79 Å². The van der Waals surface area contributed by atoms with Gasteiger partial charge in [0, 0.05) is 6.54 Å². The topological polar surface area (TPSA) is 41.6 Å². The van der Waals surface area contributed by atoms with Crippen LogP contribution in [0.5, 0.6) is 0 Å². The number of amides is 1. The van der Waals surface area contributed by atoms with Crippen LogP contribution >= 0.6 is 15.9 Å². The molecule has 1 aliphatic rings. The van der Waals surface area contributed by atoms with Crippen LogP contribution in [0.1, 0.15) is 19.8 Å². The number of alkyl halides is 1. The first-order chi connectivity index (χ1) is 5.75. The lowest BCUT2D eigenvalue weighted by atomic mass is 10.3. The molecule has 1 fully saturated rings. The summed E-state index contributed by atoms with van der Waals surface area (Å²) in [6, 6.07) is 0. The highest BCUT2D eigenvalue weighted by Gasteiger charge is 2.25. The molecule has 0 aromatic heterocycles. The van der Waals surface area contributed by atoms with Crippen molar-refractivity contribution in [2.24, 2.45) is 0 Å². The molecule has 1 heterocycles. The molecule has 0 aromatic carbocycles. The van der Waals surface area contributed by atoms with E-state index in [1.54, 1.807) is 6.92 Å². The Morgan fingerprint density at radius 1 is 1.83 bits per heavy atom. The second kappa shape index (κ2) is 4.67. The zero-order valence-electron chi connectivity index (χ0n) is 7.05. The highest BCUT2D eigenvalue weighted by atomic mass is 79.9. The number of hydrazine groups is 1. The number of nitrogens with zero attached hydrogens (tertiary/aromatic N) is 1. The molecule has 0 bridgehead atoms. The summed E-state index contributed by atoms with van der Waals surface area (Å²) in [4.78, 5) is 11.3. The minimum atomic E-state index is -0.306. The Balaban J connectivity index is 2.42. The van der Waals surface area contributed by atoms with Gasteiger partial charge in [-0.05, 0) is 19.8 Å². The van der Waals surface area contributed by atoms with Gasteiger partial charge >= 0.3 is 6.09 Å². The molecule has 1 rings (SSSR count). The average molecular weight is 237 g/mol. The van der Waals surface area contributed by atoms with Crippen molar-refractivity contribution in [3.05, 3.63) is 0 Å². The van der Waals surface area contributed by atoms with E-state index in [-0.39, 0.29) is 11.0 Å². The van der Waals surface area contributed by atoms with Gasteiger partial charge in [-0.15, -0.1) is 0 Å². The molecule has 4 nitrogen and oxygen atoms in total. The van der Waals surface area contributed by atoms with Crippen molar-refractivity contribution in [2.45, 2.75) is 24.7 Å². The van der Waals surface area contributed by atoms with E-state index >= 15 is 0 Å². The fourth-order valence-corrected chi connectivity index (χ4v) is 1.71. The maximum absolute atomic E-state index is 11.2. The monoisotopic (exact) mass is 236 g/mol. The van der Waals surface area contributed by atoms with Gasteiger partial charge in [-0.25, -0.2) is 15.2 Å². The number of hydrogen-bond donors (Lipinski definition) is 1. The predicted octanol–water partition coefficient (Wildman–Crippen LogP) is 1.46. The van der Waals surface area contributed by atoms with E-state index in [1.165, 1.54) is 5.01 Å². The second-order valence-electron chi connectivity index (χ2n) is 2.55. The van der Waals surface area contributed by atoms with Crippen LogP contribution in [0.15, 0.2) is 0 Å². The van der Waals surface area contributed by atoms with Crippen LogP contribution in [-0.4, -0.2) is 29.2 Å². The van der Waals surface area contributed by atoms with Gasteiger partial charge in [-0.3, -0.25) is 0 Å². The molecule has 1 saturated heterocycles. The molecule has 1 unspecified atom stereocenters. The number of hydrogen-bond acceptors (Lipinski definition) is 3. The molecule has 1 amide bonds. The van der Waals surface area contributed by atoms with Gasteiger partial charge in [0.2, 0.25) is 0 Å². The molecule has 0 radical (unpaired) electrons. The van der Waals surface area contributed by atoms with Gasteiger partial charge < -0.3 is 4.74 Å². The third-order valence-corrected chi connectivity index (χ3v) is 2.51. The standard InChI is InChI=1S/C7H13BrN2O2/c1-2-12-7(11)10-6(8)4-3-5-9-10/h6,9H,2-5H2,1H3. The normalized spacial score (nSPS) is 23.8. The smallest absolute Gasteiger partial charge is 0.425 e. The van der Waals surface area contributed by atoms with E-state index in [4.69, 9.17) is 4.74 Å². The summed E-state index contributed by atoms with van der Waals surface area (Å²) in [5, 5.41) is 1.49. The van der Waals surface area contributed by atoms with E-state index < -0.39 is 0 Å². The Labute approximate surface area is 80.3 Å². The highest BCUT2D eigenvalue weighted by Crippen LogP contribution is 2.16. The number of ether oxygens (including phenoxy) is 1. The molecule has 0 saturated carbocycles. The van der Waals surface area contributed by atoms with Crippen LogP contribution in [0.4, 0.5) is 4.79 Å². The van der Waals surface area contributed by atoms with Gasteiger partial charge in [0.15, 0.2) is 0 Å². The maximum atomic E-state index is 11.2. The lowest BCUT2D eigenvalue weighted by Gasteiger charge is -2.31. The largest absolute Gasteiger partial charge is 0.449 e. The molecule has 1 aliphatic heterocycles. The summed E-state index contributed by atoms with van der Waals surface area (Å²) < 4.78 is 4.85. The van der Waals surface area contributed by atoms with Crippen molar-refractivity contribution in [2.75, 3.05) is 13.2 Å². The Hall–Kier alpha value is -0.290. The Bertz CT molecular complexity index is 165. The Morgan fingerprint density at radius 3 is 3.17 bits per heavy atom. The first-order valence-electron chi connectivity index (χ1n) is 4.09. The quantitative estimate of drug-likeness (QED) is 0.554. The van der Waals surface area contributed by atoms with E-state index in [1.807, 2.05) is 0 Å². The molecule has 0 spiro atoms. The van der Waals surface area contributed by atoms with Crippen LogP contribution in [0.25, 0.3) is 0 Å². The summed E-state index contributed by atoms with van der Waals surface area (Å²) in [5.41, 5.74) is 2.97. The fourth-order valence-electron chi connectivity index (χ4n) is 1.07. The lowest BCUT2D eigenvalue weighted by Crippen LogP contribution is -2.50. The lowest BCUT2D eigenvalue weighted by molar-refractivity contribution is 0.0708. The maximum Gasteiger partial charge on any atom is 0.425 e. The first-order valence-corrected chi connectivity index (χ1v) is 5.01. The van der Waals surface area contributed by atoms with E-state index in [0.717, 1.165) is 19.4 Å². The molecule has 70 valence electrons. The molecule has 5 heteroatoms. The van der Waals surface area contributed by atoms with Gasteiger partial charge in [0.1, 0.15) is 4.95 Å². The first kappa shape index (κ1) is 9.80. The molecule has 1 N–H and O–H groups in total. The van der Waals surface area contributed by atoms with Crippen molar-refractivity contribution in [1.29, 1.82) is 0 Å². The molecule has 12 heavy (non-hydrogen) atoms. The minimum Gasteiger partial charge on any atom is -0.449 e. The summed E-state index contributed by atoms with van der Waals surface area (Å²) >= 11 is 3.39. The Morgan fingerprint density at radius 2 is 2.58 bits per heavy atom. The van der Waals surface area contributed by atoms with E-state index in [2.05, 4.69) is 21.4 Å². The highest BCUT2D eigenvalue weighted by molar-refractivity contribution is 9.09. The molecule has 0 aliphatic carbocycles. The van der Waals surface area contributed by atoms with Gasteiger partial charge in [0.05, 0.1) is 6.61 Å². The third-order valence-electron chi connectivity index (χ3n) is 1.65. The number of carbonyl (C=O) groups is 1. The van der Waals surface area contributed by atoms with Crippen LogP contribution in [-0.2, 0) is 4.74 Å². The zero-order chi connectivity index (χ0) is 8.97. The van der Waals surface area contributed by atoms with E-state index in [0.29, 0.717) is 6.61 Å². The Kier molecular flexibility index (Phi) is 3.81. The van der Waals surface area contributed by atoms with Crippen LogP contribution in [0.2, 0.25) is 0 Å². The van der Waals surface area contributed by atoms with Crippen molar-refractivity contribution >= 4 is 22.0 Å². The second-order valence-corrected chi connectivity index (χ2v) is 3.61. The summed E-state index contributed by atoms with van der Waals surface area (Å²) in [7, 11) is 0. The van der Waals surface area contributed by atoms with Crippen molar-refractivity contribution in [1.82, 2.24) is 10.4 Å². The number of rotatable bonds is 1. The SMILES string of the molecule is CCOC(=O)N1NCCCC1Br. The minimum absolute atomic E-state index is 0.0605. The van der Waals surface area contributed by atoms with Gasteiger partial charge in [-0.1, -0.05) is 15.9 Å². The average Bonchev–Trinajstić information content (AvgIpc) is 2.05. The fraction of sp³-hybridized carbons (Fsp3) is 0.857. The van der Waals surface area contributed by atoms with Crippen LogP contribution < -0.4 is 5.43 Å². The number of nitrogens with one attached hydrogen (secondary N) is 1. The van der Waals surface area contributed by atoms with Crippen molar-refractivity contribution in [3.8, 4) is 0 Å². The molecular weight excluding hydrogens is 224 g/mol. The summed E-state index contributed by atoms with van der Waals surface area (Å²) in [5.74, 6) is 0. The van der Waals surface area contributed by atoms with Gasteiger partial charge in [0.25, 0.3) is 0 Å². The molecular formula is C7H13BrN2O2. The molecule has 1 atom stereocenters. The van der Waals surface area contributed by atoms with Crippen molar-refractivity contribution < 1.29 is 9.53 Å². The zero-order valence-corrected chi connectivity index (χ0v) is 8.63. The number of carbonyl (C=O) groups excluding carboxylic acids is 1. The van der Waals surface area contributed by atoms with Gasteiger partial charge in [-0.2, -0.15) is 0 Å². The summed E-state index contributed by atoms with van der Waals surface area (Å²) in [6.45, 7) is 3.04. The van der Waals surface area contributed by atoms with Crippen LogP contribution in [0, 0.1) is 0 Å². The predicted molar refractivity (Wildman–Crippen MR) is 48.8 cm³/mol. The number of halogens is 1. The third kappa shape index (κ3) is 2.35.